The van der Waals surface area contributed by atoms with Gasteiger partial charge in [-0.25, -0.2) is 9.37 Å². The minimum absolute atomic E-state index is 0.0281. The van der Waals surface area contributed by atoms with Crippen molar-refractivity contribution >= 4 is 34.3 Å². The maximum Gasteiger partial charge on any atom is 0.424 e. The number of aromatic amines is 1. The summed E-state index contributed by atoms with van der Waals surface area (Å²) in [6.07, 6.45) is -3.76. The molecule has 1 aliphatic heterocycles. The van der Waals surface area contributed by atoms with Crippen molar-refractivity contribution in [2.24, 2.45) is 5.73 Å². The first-order chi connectivity index (χ1) is 18.7. The second-order valence-electron chi connectivity index (χ2n) is 9.67. The Bertz CT molecular complexity index is 1660. The smallest absolute Gasteiger partial charge is 0.424 e. The van der Waals surface area contributed by atoms with E-state index in [1.807, 2.05) is 0 Å². The van der Waals surface area contributed by atoms with Gasteiger partial charge in [-0.2, -0.15) is 13.2 Å². The molecule has 2 amide bonds. The molecule has 3 heterocycles. The summed E-state index contributed by atoms with van der Waals surface area (Å²) < 4.78 is 62.8. The van der Waals surface area contributed by atoms with Crippen LogP contribution in [0, 0.1) is 5.82 Å². The van der Waals surface area contributed by atoms with Gasteiger partial charge in [0.05, 0.1) is 22.8 Å². The topological polar surface area (TPSA) is 130 Å². The van der Waals surface area contributed by atoms with Gasteiger partial charge in [0.2, 0.25) is 11.5 Å². The number of aromatic nitrogens is 2. The lowest BCUT2D eigenvalue weighted by Gasteiger charge is -2.31. The van der Waals surface area contributed by atoms with Crippen molar-refractivity contribution in [3.63, 3.8) is 0 Å². The highest BCUT2D eigenvalue weighted by Crippen LogP contribution is 2.47. The molecule has 2 aromatic heterocycles. The first-order valence-electron chi connectivity index (χ1n) is 11.8. The molecule has 2 aromatic carbocycles. The highest BCUT2D eigenvalue weighted by molar-refractivity contribution is 6.35. The quantitative estimate of drug-likeness (QED) is 0.254. The summed E-state index contributed by atoms with van der Waals surface area (Å²) in [5.41, 5.74) is -0.166. The highest BCUT2D eigenvalue weighted by atomic mass is 35.5. The van der Waals surface area contributed by atoms with E-state index in [1.165, 1.54) is 31.2 Å². The Morgan fingerprint density at radius 1 is 1.20 bits per heavy atom. The molecule has 5 N–H and O–H groups in total. The molecule has 2 atom stereocenters. The van der Waals surface area contributed by atoms with E-state index in [2.05, 4.69) is 15.3 Å². The number of aliphatic hydroxyl groups is 1. The molecule has 8 nitrogen and oxygen atoms in total. The Labute approximate surface area is 229 Å². The molecule has 1 unspecified atom stereocenters. The third-order valence-corrected chi connectivity index (χ3v) is 7.30. The maximum atomic E-state index is 14.5. The van der Waals surface area contributed by atoms with E-state index in [0.29, 0.717) is 10.9 Å². The maximum absolute atomic E-state index is 14.5. The van der Waals surface area contributed by atoms with Crippen LogP contribution < -0.4 is 15.8 Å². The molecule has 0 saturated heterocycles. The number of carbonyl (C=O) groups excluding carboxylic acids is 2. The zero-order valence-electron chi connectivity index (χ0n) is 20.7. The van der Waals surface area contributed by atoms with Crippen molar-refractivity contribution in [3.05, 3.63) is 82.4 Å². The van der Waals surface area contributed by atoms with Crippen LogP contribution in [0.5, 0.6) is 5.75 Å². The summed E-state index contributed by atoms with van der Waals surface area (Å²) in [4.78, 5) is 32.1. The number of hydrogen-bond donors (Lipinski definition) is 4. The number of H-pyrrole nitrogens is 1. The van der Waals surface area contributed by atoms with Gasteiger partial charge in [-0.1, -0.05) is 11.6 Å². The number of benzene rings is 2. The standard InChI is InChI=1S/C27H21ClF4N4O4/c1-25(24(33)38)12-40-22-17(25)10-19(36-21(22)13-2-4-16(29)5-3-13)26(39,27(30,31)32)11-35-23(37)15-8-14-6-7-34-20(14)18(28)9-15/h2-10,34,39H,11-12H2,1H3,(H2,33,38)(H,35,37)/t25-,26?/m0/s1. The van der Waals surface area contributed by atoms with Crippen molar-refractivity contribution in [2.75, 3.05) is 13.2 Å². The monoisotopic (exact) mass is 576 g/mol. The first-order valence-corrected chi connectivity index (χ1v) is 12.2. The van der Waals surface area contributed by atoms with Crippen molar-refractivity contribution in [2.45, 2.75) is 24.1 Å². The van der Waals surface area contributed by atoms with E-state index < -0.39 is 47.1 Å². The first kappa shape index (κ1) is 27.4. The SMILES string of the molecule is C[C@]1(C(N)=O)COc2c1cc(C(O)(CNC(=O)c1cc(Cl)c3[nH]ccc3c1)C(F)(F)F)nc2-c1ccc(F)cc1. The van der Waals surface area contributed by atoms with Crippen LogP contribution in [0.15, 0.2) is 54.7 Å². The average molecular weight is 577 g/mol. The van der Waals surface area contributed by atoms with Gasteiger partial charge in [-0.05, 0) is 55.5 Å². The van der Waals surface area contributed by atoms with Crippen molar-refractivity contribution < 1.29 is 37.0 Å². The van der Waals surface area contributed by atoms with Crippen LogP contribution in [0.25, 0.3) is 22.2 Å². The fraction of sp³-hybridized carbons (Fsp3) is 0.222. The number of nitrogens with two attached hydrogens (primary N) is 1. The molecule has 0 spiro atoms. The van der Waals surface area contributed by atoms with Gasteiger partial charge < -0.3 is 25.9 Å². The number of primary amides is 1. The van der Waals surface area contributed by atoms with E-state index in [-0.39, 0.29) is 39.8 Å². The normalized spacial score (nSPS) is 18.2. The number of nitrogens with one attached hydrogen (secondary N) is 2. The molecule has 0 aliphatic carbocycles. The van der Waals surface area contributed by atoms with Crippen LogP contribution in [0.2, 0.25) is 5.02 Å². The second kappa shape index (κ2) is 9.49. The molecule has 0 saturated carbocycles. The van der Waals surface area contributed by atoms with E-state index in [9.17, 15) is 32.3 Å². The van der Waals surface area contributed by atoms with Crippen LogP contribution in [-0.2, 0) is 15.8 Å². The van der Waals surface area contributed by atoms with Crippen molar-refractivity contribution in [1.29, 1.82) is 0 Å². The van der Waals surface area contributed by atoms with Gasteiger partial charge in [-0.3, -0.25) is 9.59 Å². The molecule has 4 aromatic rings. The minimum Gasteiger partial charge on any atom is -0.489 e. The Balaban J connectivity index is 1.60. The summed E-state index contributed by atoms with van der Waals surface area (Å²) in [5.74, 6) is -2.45. The fourth-order valence-electron chi connectivity index (χ4n) is 4.51. The number of nitrogens with zero attached hydrogens (tertiary/aromatic N) is 1. The lowest BCUT2D eigenvalue weighted by molar-refractivity contribution is -0.265. The Morgan fingerprint density at radius 2 is 1.90 bits per heavy atom. The molecular weight excluding hydrogens is 556 g/mol. The highest BCUT2D eigenvalue weighted by Gasteiger charge is 2.57. The molecular formula is C27H21ClF4N4O4. The number of ether oxygens (including phenoxy) is 1. The number of halogens is 5. The molecule has 40 heavy (non-hydrogen) atoms. The number of carbonyl (C=O) groups is 2. The van der Waals surface area contributed by atoms with Gasteiger partial charge in [0.15, 0.2) is 0 Å². The molecule has 0 fully saturated rings. The predicted molar refractivity (Wildman–Crippen MR) is 137 cm³/mol. The van der Waals surface area contributed by atoms with Crippen LogP contribution in [0.3, 0.4) is 0 Å². The van der Waals surface area contributed by atoms with Gasteiger partial charge in [0.1, 0.15) is 29.3 Å². The van der Waals surface area contributed by atoms with Crippen LogP contribution >= 0.6 is 11.6 Å². The molecule has 13 heteroatoms. The lowest BCUT2D eigenvalue weighted by Crippen LogP contribution is -2.51. The Kier molecular flexibility index (Phi) is 6.50. The van der Waals surface area contributed by atoms with E-state index in [1.54, 1.807) is 12.3 Å². The number of rotatable bonds is 6. The third kappa shape index (κ3) is 4.42. The van der Waals surface area contributed by atoms with Gasteiger partial charge in [0.25, 0.3) is 5.91 Å². The molecule has 0 bridgehead atoms. The van der Waals surface area contributed by atoms with Crippen molar-refractivity contribution in [3.8, 4) is 17.0 Å². The summed E-state index contributed by atoms with van der Waals surface area (Å²) in [6, 6.07) is 9.90. The summed E-state index contributed by atoms with van der Waals surface area (Å²) >= 11 is 6.17. The Morgan fingerprint density at radius 3 is 2.55 bits per heavy atom. The van der Waals surface area contributed by atoms with Crippen molar-refractivity contribution in [1.82, 2.24) is 15.3 Å². The number of fused-ring (bicyclic) bond motifs is 2. The number of pyridine rings is 1. The number of alkyl halides is 3. The zero-order valence-corrected chi connectivity index (χ0v) is 21.5. The van der Waals surface area contributed by atoms with E-state index >= 15 is 0 Å². The predicted octanol–water partition coefficient (Wildman–Crippen LogP) is 4.34. The summed E-state index contributed by atoms with van der Waals surface area (Å²) in [5, 5.41) is 14.0. The third-order valence-electron chi connectivity index (χ3n) is 7.01. The number of amides is 2. The minimum atomic E-state index is -5.34. The van der Waals surface area contributed by atoms with Crippen LogP contribution in [0.4, 0.5) is 17.6 Å². The molecule has 0 radical (unpaired) electrons. The zero-order chi connectivity index (χ0) is 29.0. The Hall–Kier alpha value is -4.16. The summed E-state index contributed by atoms with van der Waals surface area (Å²) in [6.45, 7) is -0.240. The van der Waals surface area contributed by atoms with Gasteiger partial charge in [0, 0.05) is 28.3 Å². The fourth-order valence-corrected chi connectivity index (χ4v) is 4.79. The number of hydrogen-bond acceptors (Lipinski definition) is 5. The molecule has 208 valence electrons. The largest absolute Gasteiger partial charge is 0.489 e. The van der Waals surface area contributed by atoms with E-state index in [0.717, 1.165) is 18.2 Å². The van der Waals surface area contributed by atoms with Gasteiger partial charge >= 0.3 is 6.18 Å². The molecule has 1 aliphatic rings. The van der Waals surface area contributed by atoms with Crippen LogP contribution in [-0.4, -0.2) is 46.2 Å². The average Bonchev–Trinajstić information content (AvgIpc) is 3.52. The lowest BCUT2D eigenvalue weighted by atomic mass is 9.81. The second-order valence-corrected chi connectivity index (χ2v) is 10.1. The molecule has 5 rings (SSSR count). The van der Waals surface area contributed by atoms with Crippen LogP contribution in [0.1, 0.15) is 28.5 Å². The van der Waals surface area contributed by atoms with E-state index in [4.69, 9.17) is 22.1 Å². The van der Waals surface area contributed by atoms with Gasteiger partial charge in [-0.15, -0.1) is 0 Å². The summed E-state index contributed by atoms with van der Waals surface area (Å²) in [7, 11) is 0.